The Balaban J connectivity index is 2.30. The highest BCUT2D eigenvalue weighted by Crippen LogP contribution is 2.32. The van der Waals surface area contributed by atoms with E-state index in [1.165, 1.54) is 6.07 Å². The summed E-state index contributed by atoms with van der Waals surface area (Å²) >= 11 is 6.28. The Morgan fingerprint density at radius 3 is 2.31 bits per heavy atom. The first kappa shape index (κ1) is 22.7. The first-order valence-electron chi connectivity index (χ1n) is 9.25. The molecule has 2 rings (SSSR count). The monoisotopic (exact) mass is 423 g/mol. The zero-order valence-corrected chi connectivity index (χ0v) is 18.4. The van der Waals surface area contributed by atoms with Crippen molar-refractivity contribution >= 4 is 34.6 Å². The van der Waals surface area contributed by atoms with E-state index >= 15 is 0 Å². The number of carbonyl (C=O) groups is 2. The summed E-state index contributed by atoms with van der Waals surface area (Å²) in [6.45, 7) is 12.1. The predicted octanol–water partition coefficient (Wildman–Crippen LogP) is 4.52. The summed E-state index contributed by atoms with van der Waals surface area (Å²) in [6, 6.07) is 2.02. The molecule has 7 nitrogen and oxygen atoms in total. The number of hydrogen-bond donors (Lipinski definition) is 1. The number of rotatable bonds is 4. The summed E-state index contributed by atoms with van der Waals surface area (Å²) in [6.07, 6.45) is -0.727. The van der Waals surface area contributed by atoms with Crippen molar-refractivity contribution in [3.8, 4) is 5.75 Å². The van der Waals surface area contributed by atoms with Gasteiger partial charge in [0.05, 0.1) is 5.02 Å². The maximum absolute atomic E-state index is 12.7. The molecule has 0 aliphatic heterocycles. The van der Waals surface area contributed by atoms with Crippen LogP contribution in [-0.2, 0) is 9.53 Å². The Morgan fingerprint density at radius 2 is 1.76 bits per heavy atom. The SMILES string of the molecule is Cc1c(C)c2cc(Cl)c(OC(=O)[C@H](NC(=O)OC(C)(C)C)C(C)C)cc2oc1=O. The molecular formula is C21H26ClNO6. The standard InChI is InChI=1S/C21H26ClNO6/c1-10(2)17(23-20(26)29-21(5,6)7)19(25)28-16-9-15-13(8-14(16)22)11(3)12(4)18(24)27-15/h8-10,17H,1-7H3,(H,23,26)/t17-/m1/s1. The molecule has 1 aromatic carbocycles. The second kappa shape index (κ2) is 8.45. The van der Waals surface area contributed by atoms with E-state index in [-0.39, 0.29) is 22.3 Å². The Hall–Kier alpha value is -2.54. The topological polar surface area (TPSA) is 94.8 Å². The highest BCUT2D eigenvalue weighted by Gasteiger charge is 2.29. The van der Waals surface area contributed by atoms with Gasteiger partial charge in [-0.1, -0.05) is 25.4 Å². The molecule has 0 aliphatic rings. The van der Waals surface area contributed by atoms with Crippen LogP contribution in [0.5, 0.6) is 5.75 Å². The summed E-state index contributed by atoms with van der Waals surface area (Å²) in [4.78, 5) is 36.7. The van der Waals surface area contributed by atoms with Crippen LogP contribution in [0.3, 0.4) is 0 Å². The molecule has 1 heterocycles. The third-order valence-corrected chi connectivity index (χ3v) is 4.61. The predicted molar refractivity (Wildman–Crippen MR) is 111 cm³/mol. The van der Waals surface area contributed by atoms with Gasteiger partial charge in [-0.3, -0.25) is 0 Å². The van der Waals surface area contributed by atoms with Crippen molar-refractivity contribution < 1.29 is 23.5 Å². The Bertz CT molecular complexity index is 1000. The van der Waals surface area contributed by atoms with Gasteiger partial charge in [0, 0.05) is 17.0 Å². The number of nitrogens with one attached hydrogen (secondary N) is 1. The summed E-state index contributed by atoms with van der Waals surface area (Å²) in [5.41, 5.74) is 0.306. The number of ether oxygens (including phenoxy) is 2. The maximum Gasteiger partial charge on any atom is 0.408 e. The van der Waals surface area contributed by atoms with Gasteiger partial charge < -0.3 is 19.2 Å². The van der Waals surface area contributed by atoms with Crippen LogP contribution in [-0.4, -0.2) is 23.7 Å². The highest BCUT2D eigenvalue weighted by molar-refractivity contribution is 6.33. The van der Waals surface area contributed by atoms with Crippen molar-refractivity contribution in [2.24, 2.45) is 5.92 Å². The minimum Gasteiger partial charge on any atom is -0.444 e. The molecule has 1 amide bonds. The van der Waals surface area contributed by atoms with Gasteiger partial charge in [-0.05, 0) is 52.2 Å². The van der Waals surface area contributed by atoms with Crippen molar-refractivity contribution in [3.05, 3.63) is 38.7 Å². The molecule has 0 fully saturated rings. The normalized spacial score (nSPS) is 12.7. The summed E-state index contributed by atoms with van der Waals surface area (Å²) in [5, 5.41) is 3.36. The van der Waals surface area contributed by atoms with Gasteiger partial charge >= 0.3 is 17.7 Å². The Kier molecular flexibility index (Phi) is 6.63. The van der Waals surface area contributed by atoms with E-state index in [0.29, 0.717) is 10.9 Å². The van der Waals surface area contributed by atoms with Crippen LogP contribution >= 0.6 is 11.6 Å². The van der Waals surface area contributed by atoms with Gasteiger partial charge in [0.25, 0.3) is 0 Å². The van der Waals surface area contributed by atoms with Crippen molar-refractivity contribution in [2.75, 3.05) is 0 Å². The molecule has 1 atom stereocenters. The number of alkyl carbamates (subject to hydrolysis) is 1. The number of carbonyl (C=O) groups excluding carboxylic acids is 2. The lowest BCUT2D eigenvalue weighted by atomic mass is 10.0. The van der Waals surface area contributed by atoms with Crippen LogP contribution in [0.25, 0.3) is 11.0 Å². The van der Waals surface area contributed by atoms with E-state index in [0.717, 1.165) is 5.56 Å². The fourth-order valence-electron chi connectivity index (χ4n) is 2.63. The van der Waals surface area contributed by atoms with E-state index in [2.05, 4.69) is 5.32 Å². The molecule has 0 aliphatic carbocycles. The van der Waals surface area contributed by atoms with Crippen LogP contribution in [0.2, 0.25) is 5.02 Å². The van der Waals surface area contributed by atoms with Crippen LogP contribution in [0.1, 0.15) is 45.7 Å². The third-order valence-electron chi connectivity index (χ3n) is 4.31. The van der Waals surface area contributed by atoms with Gasteiger partial charge in [0.15, 0.2) is 5.75 Å². The van der Waals surface area contributed by atoms with Gasteiger partial charge in [-0.15, -0.1) is 0 Å². The van der Waals surface area contributed by atoms with E-state index in [4.69, 9.17) is 25.5 Å². The maximum atomic E-state index is 12.7. The minimum atomic E-state index is -0.955. The van der Waals surface area contributed by atoms with Crippen molar-refractivity contribution in [1.29, 1.82) is 0 Å². The molecule has 29 heavy (non-hydrogen) atoms. The lowest BCUT2D eigenvalue weighted by Gasteiger charge is -2.24. The fraction of sp³-hybridized carbons (Fsp3) is 0.476. The van der Waals surface area contributed by atoms with Crippen molar-refractivity contribution in [2.45, 2.75) is 60.1 Å². The lowest BCUT2D eigenvalue weighted by molar-refractivity contribution is -0.137. The first-order valence-corrected chi connectivity index (χ1v) is 9.62. The van der Waals surface area contributed by atoms with E-state index < -0.39 is 29.3 Å². The lowest BCUT2D eigenvalue weighted by Crippen LogP contribution is -2.48. The van der Waals surface area contributed by atoms with Gasteiger partial charge in [-0.25, -0.2) is 14.4 Å². The molecule has 158 valence electrons. The van der Waals surface area contributed by atoms with Crippen molar-refractivity contribution in [3.63, 3.8) is 0 Å². The van der Waals surface area contributed by atoms with Gasteiger partial charge in [-0.2, -0.15) is 0 Å². The zero-order chi connectivity index (χ0) is 22.1. The van der Waals surface area contributed by atoms with Crippen LogP contribution < -0.4 is 15.7 Å². The molecule has 1 aromatic heterocycles. The summed E-state index contributed by atoms with van der Waals surface area (Å²) in [7, 11) is 0. The van der Waals surface area contributed by atoms with E-state index in [9.17, 15) is 14.4 Å². The van der Waals surface area contributed by atoms with E-state index in [1.807, 2.05) is 0 Å². The smallest absolute Gasteiger partial charge is 0.408 e. The molecule has 0 unspecified atom stereocenters. The molecule has 0 saturated carbocycles. The van der Waals surface area contributed by atoms with Crippen LogP contribution in [0.15, 0.2) is 21.3 Å². The second-order valence-corrected chi connectivity index (χ2v) is 8.61. The number of fused-ring (bicyclic) bond motifs is 1. The van der Waals surface area contributed by atoms with E-state index in [1.54, 1.807) is 54.5 Å². The number of amides is 1. The first-order chi connectivity index (χ1) is 13.3. The summed E-state index contributed by atoms with van der Waals surface area (Å²) in [5.74, 6) is -0.942. The number of benzene rings is 1. The Labute approximate surface area is 174 Å². The second-order valence-electron chi connectivity index (χ2n) is 8.21. The molecule has 8 heteroatoms. The number of aryl methyl sites for hydroxylation is 1. The fourth-order valence-corrected chi connectivity index (χ4v) is 2.83. The molecule has 0 radical (unpaired) electrons. The van der Waals surface area contributed by atoms with Gasteiger partial charge in [0.1, 0.15) is 17.2 Å². The van der Waals surface area contributed by atoms with Crippen LogP contribution in [0.4, 0.5) is 4.79 Å². The zero-order valence-electron chi connectivity index (χ0n) is 17.6. The third kappa shape index (κ3) is 5.50. The van der Waals surface area contributed by atoms with Crippen LogP contribution in [0, 0.1) is 19.8 Å². The Morgan fingerprint density at radius 1 is 1.14 bits per heavy atom. The molecule has 0 spiro atoms. The molecule has 0 saturated heterocycles. The molecular weight excluding hydrogens is 398 g/mol. The van der Waals surface area contributed by atoms with Crippen molar-refractivity contribution in [1.82, 2.24) is 5.32 Å². The number of halogens is 1. The summed E-state index contributed by atoms with van der Waals surface area (Å²) < 4.78 is 15.9. The average Bonchev–Trinajstić information content (AvgIpc) is 2.57. The van der Waals surface area contributed by atoms with Gasteiger partial charge in [0.2, 0.25) is 0 Å². The highest BCUT2D eigenvalue weighted by atomic mass is 35.5. The molecule has 1 N–H and O–H groups in total. The minimum absolute atomic E-state index is 0.0345. The average molecular weight is 424 g/mol. The largest absolute Gasteiger partial charge is 0.444 e. The quantitative estimate of drug-likeness (QED) is 0.441. The number of esters is 1. The number of hydrogen-bond acceptors (Lipinski definition) is 6. The molecule has 0 bridgehead atoms. The molecule has 2 aromatic rings.